The minimum atomic E-state index is -0.938. The molecule has 108 valence electrons. The largest absolute Gasteiger partial charge is 0.394 e. The minimum absolute atomic E-state index is 0.264. The number of aliphatic hydroxyl groups is 2. The Bertz CT molecular complexity index is 618. The summed E-state index contributed by atoms with van der Waals surface area (Å²) in [7, 11) is 1.46. The van der Waals surface area contributed by atoms with E-state index < -0.39 is 24.5 Å². The van der Waals surface area contributed by atoms with Gasteiger partial charge in [-0.05, 0) is 0 Å². The normalized spacial score (nSPS) is 30.1. The van der Waals surface area contributed by atoms with Crippen molar-refractivity contribution in [3.8, 4) is 0 Å². The standard InChI is InChI=1S/C11H15N5O4/c1-19-8-7(18)5(2-17)20-11(8)16-4-15-6-9(12)13-3-14-10(6)16/h3-5,7-8,11,17-18H,2H2,1H3,(H2,12,13,14)/t5?,7-,8?,11+/m0/s1. The molecular formula is C11H15N5O4. The van der Waals surface area contributed by atoms with Crippen LogP contribution in [0, 0.1) is 0 Å². The van der Waals surface area contributed by atoms with Gasteiger partial charge in [-0.2, -0.15) is 0 Å². The van der Waals surface area contributed by atoms with Crippen LogP contribution in [0.1, 0.15) is 6.23 Å². The van der Waals surface area contributed by atoms with Crippen molar-refractivity contribution < 1.29 is 19.7 Å². The summed E-state index contributed by atoms with van der Waals surface area (Å²) >= 11 is 0. The Morgan fingerprint density at radius 3 is 2.95 bits per heavy atom. The molecule has 4 N–H and O–H groups in total. The highest BCUT2D eigenvalue weighted by atomic mass is 16.6. The van der Waals surface area contributed by atoms with Gasteiger partial charge < -0.3 is 25.4 Å². The van der Waals surface area contributed by atoms with E-state index in [0.29, 0.717) is 11.2 Å². The van der Waals surface area contributed by atoms with E-state index >= 15 is 0 Å². The highest BCUT2D eigenvalue weighted by molar-refractivity contribution is 5.81. The quantitative estimate of drug-likeness (QED) is 0.631. The molecule has 0 spiro atoms. The van der Waals surface area contributed by atoms with E-state index in [1.165, 1.54) is 19.8 Å². The van der Waals surface area contributed by atoms with Gasteiger partial charge >= 0.3 is 0 Å². The van der Waals surface area contributed by atoms with Crippen LogP contribution in [0.15, 0.2) is 12.7 Å². The Labute approximate surface area is 114 Å². The predicted octanol–water partition coefficient (Wildman–Crippen LogP) is -1.33. The van der Waals surface area contributed by atoms with Crippen molar-refractivity contribution in [3.05, 3.63) is 12.7 Å². The summed E-state index contributed by atoms with van der Waals surface area (Å²) in [4.78, 5) is 12.1. The van der Waals surface area contributed by atoms with Crippen molar-refractivity contribution in [2.45, 2.75) is 24.5 Å². The third-order valence-corrected chi connectivity index (χ3v) is 3.43. The summed E-state index contributed by atoms with van der Waals surface area (Å²) in [6.45, 7) is -0.304. The molecular weight excluding hydrogens is 266 g/mol. The first-order valence-corrected chi connectivity index (χ1v) is 6.07. The second kappa shape index (κ2) is 4.94. The monoisotopic (exact) mass is 281 g/mol. The van der Waals surface area contributed by atoms with E-state index in [1.54, 1.807) is 4.57 Å². The summed E-state index contributed by atoms with van der Waals surface area (Å²) in [5, 5.41) is 19.3. The maximum absolute atomic E-state index is 10.0. The molecule has 3 heterocycles. The van der Waals surface area contributed by atoms with Crippen LogP contribution in [0.3, 0.4) is 0 Å². The molecule has 2 aromatic heterocycles. The SMILES string of the molecule is COC1[C@@H](O)C(CO)O[C@H]1n1cnc2c(N)ncnc21. The zero-order valence-corrected chi connectivity index (χ0v) is 10.7. The van der Waals surface area contributed by atoms with Crippen LogP contribution < -0.4 is 5.73 Å². The minimum Gasteiger partial charge on any atom is -0.394 e. The van der Waals surface area contributed by atoms with Crippen LogP contribution in [0.25, 0.3) is 11.2 Å². The van der Waals surface area contributed by atoms with Gasteiger partial charge in [0.25, 0.3) is 0 Å². The molecule has 0 saturated carbocycles. The molecule has 1 saturated heterocycles. The maximum atomic E-state index is 10.0. The van der Waals surface area contributed by atoms with E-state index in [4.69, 9.17) is 15.2 Å². The first-order valence-electron chi connectivity index (χ1n) is 6.07. The highest BCUT2D eigenvalue weighted by Crippen LogP contribution is 2.33. The summed E-state index contributed by atoms with van der Waals surface area (Å²) in [5.74, 6) is 0.264. The lowest BCUT2D eigenvalue weighted by Crippen LogP contribution is -2.34. The average molecular weight is 281 g/mol. The number of imidazole rings is 1. The first-order chi connectivity index (χ1) is 9.67. The molecule has 9 nitrogen and oxygen atoms in total. The van der Waals surface area contributed by atoms with Crippen molar-refractivity contribution in [2.24, 2.45) is 0 Å². The van der Waals surface area contributed by atoms with Gasteiger partial charge in [0.1, 0.15) is 30.2 Å². The topological polar surface area (TPSA) is 129 Å². The van der Waals surface area contributed by atoms with Gasteiger partial charge in [0.2, 0.25) is 0 Å². The molecule has 1 fully saturated rings. The lowest BCUT2D eigenvalue weighted by atomic mass is 10.1. The molecule has 0 bridgehead atoms. The number of methoxy groups -OCH3 is 1. The van der Waals surface area contributed by atoms with Crippen molar-refractivity contribution in [2.75, 3.05) is 19.5 Å². The molecule has 3 rings (SSSR count). The van der Waals surface area contributed by atoms with Crippen LogP contribution >= 0.6 is 0 Å². The lowest BCUT2D eigenvalue weighted by molar-refractivity contribution is -0.0583. The smallest absolute Gasteiger partial charge is 0.167 e. The van der Waals surface area contributed by atoms with Gasteiger partial charge in [-0.3, -0.25) is 4.57 Å². The third kappa shape index (κ3) is 1.83. The number of hydrogen-bond donors (Lipinski definition) is 3. The van der Waals surface area contributed by atoms with Gasteiger partial charge in [-0.15, -0.1) is 0 Å². The van der Waals surface area contributed by atoms with Crippen molar-refractivity contribution >= 4 is 17.0 Å². The number of nitrogens with two attached hydrogens (primary N) is 1. The molecule has 2 aromatic rings. The van der Waals surface area contributed by atoms with Crippen molar-refractivity contribution in [1.29, 1.82) is 0 Å². The molecule has 0 aliphatic carbocycles. The lowest BCUT2D eigenvalue weighted by Gasteiger charge is -2.19. The van der Waals surface area contributed by atoms with E-state index in [0.717, 1.165) is 0 Å². The molecule has 4 atom stereocenters. The number of aliphatic hydroxyl groups excluding tert-OH is 2. The fourth-order valence-corrected chi connectivity index (χ4v) is 2.40. The van der Waals surface area contributed by atoms with E-state index in [1.807, 2.05) is 0 Å². The predicted molar refractivity (Wildman–Crippen MR) is 67.5 cm³/mol. The second-order valence-corrected chi connectivity index (χ2v) is 4.52. The molecule has 0 aromatic carbocycles. The number of fused-ring (bicyclic) bond motifs is 1. The van der Waals surface area contributed by atoms with Gasteiger partial charge in [0.15, 0.2) is 17.7 Å². The molecule has 1 aliphatic rings. The molecule has 0 radical (unpaired) electrons. The average Bonchev–Trinajstić information content (AvgIpc) is 3.00. The summed E-state index contributed by atoms with van der Waals surface area (Å²) in [6.07, 6.45) is -0.119. The fourth-order valence-electron chi connectivity index (χ4n) is 2.40. The number of hydrogen-bond acceptors (Lipinski definition) is 8. The van der Waals surface area contributed by atoms with Crippen LogP contribution in [-0.4, -0.2) is 61.8 Å². The number of aromatic nitrogens is 4. The maximum Gasteiger partial charge on any atom is 0.167 e. The number of nitrogens with zero attached hydrogens (tertiary/aromatic N) is 4. The van der Waals surface area contributed by atoms with E-state index in [9.17, 15) is 10.2 Å². The highest BCUT2D eigenvalue weighted by Gasteiger charge is 2.45. The summed E-state index contributed by atoms with van der Waals surface area (Å²) in [6, 6.07) is 0. The Balaban J connectivity index is 2.04. The van der Waals surface area contributed by atoms with Crippen LogP contribution in [0.4, 0.5) is 5.82 Å². The Morgan fingerprint density at radius 1 is 1.45 bits per heavy atom. The number of nitrogen functional groups attached to an aromatic ring is 1. The first kappa shape index (κ1) is 13.2. The van der Waals surface area contributed by atoms with Crippen LogP contribution in [0.2, 0.25) is 0 Å². The van der Waals surface area contributed by atoms with Gasteiger partial charge in [-0.25, -0.2) is 15.0 Å². The van der Waals surface area contributed by atoms with Gasteiger partial charge in [-0.1, -0.05) is 0 Å². The van der Waals surface area contributed by atoms with Crippen LogP contribution in [-0.2, 0) is 9.47 Å². The molecule has 2 unspecified atom stereocenters. The summed E-state index contributed by atoms with van der Waals surface area (Å²) < 4.78 is 12.5. The third-order valence-electron chi connectivity index (χ3n) is 3.43. The van der Waals surface area contributed by atoms with E-state index in [-0.39, 0.29) is 12.4 Å². The fraction of sp³-hybridized carbons (Fsp3) is 0.545. The number of rotatable bonds is 3. The number of ether oxygens (including phenoxy) is 2. The zero-order valence-electron chi connectivity index (χ0n) is 10.7. The van der Waals surface area contributed by atoms with Gasteiger partial charge in [0, 0.05) is 7.11 Å². The van der Waals surface area contributed by atoms with Crippen molar-refractivity contribution in [1.82, 2.24) is 19.5 Å². The van der Waals surface area contributed by atoms with Crippen LogP contribution in [0.5, 0.6) is 0 Å². The Kier molecular flexibility index (Phi) is 3.26. The number of anilines is 1. The summed E-state index contributed by atoms with van der Waals surface area (Å²) in [5.41, 5.74) is 6.66. The van der Waals surface area contributed by atoms with E-state index in [2.05, 4.69) is 15.0 Å². The molecule has 9 heteroatoms. The van der Waals surface area contributed by atoms with Crippen molar-refractivity contribution in [3.63, 3.8) is 0 Å². The molecule has 20 heavy (non-hydrogen) atoms. The Morgan fingerprint density at radius 2 is 2.25 bits per heavy atom. The zero-order chi connectivity index (χ0) is 14.3. The molecule has 1 aliphatic heterocycles. The molecule has 0 amide bonds. The van der Waals surface area contributed by atoms with Gasteiger partial charge in [0.05, 0.1) is 12.9 Å². The second-order valence-electron chi connectivity index (χ2n) is 4.52. The Hall–Kier alpha value is -1.81.